The third-order valence-electron chi connectivity index (χ3n) is 3.74. The molecule has 0 unspecified atom stereocenters. The number of amides is 1. The largest absolute Gasteiger partial charge is 0.485 e. The number of hydrogen-bond acceptors (Lipinski definition) is 3. The van der Waals surface area contributed by atoms with Crippen LogP contribution in [0.5, 0.6) is 5.75 Å². The summed E-state index contributed by atoms with van der Waals surface area (Å²) in [5, 5.41) is 2.85. The minimum atomic E-state index is -0.272. The van der Waals surface area contributed by atoms with E-state index in [1.165, 1.54) is 0 Å². The van der Waals surface area contributed by atoms with Gasteiger partial charge in [0.2, 0.25) is 0 Å². The summed E-state index contributed by atoms with van der Waals surface area (Å²) in [4.78, 5) is 12.3. The molecule has 1 aromatic heterocycles. The van der Waals surface area contributed by atoms with Crippen molar-refractivity contribution in [1.82, 2.24) is 0 Å². The van der Waals surface area contributed by atoms with E-state index in [2.05, 4.69) is 5.32 Å². The molecule has 1 N–H and O–H groups in total. The topological polar surface area (TPSA) is 51.5 Å². The third-order valence-corrected chi connectivity index (χ3v) is 3.74. The van der Waals surface area contributed by atoms with Crippen molar-refractivity contribution in [2.45, 2.75) is 20.5 Å². The first kappa shape index (κ1) is 15.9. The molecule has 0 spiro atoms. The molecule has 0 aliphatic carbocycles. The lowest BCUT2D eigenvalue weighted by atomic mass is 10.2. The molecule has 3 aromatic rings. The van der Waals surface area contributed by atoms with Gasteiger partial charge in [-0.1, -0.05) is 36.4 Å². The molecule has 0 saturated heterocycles. The van der Waals surface area contributed by atoms with Gasteiger partial charge in [-0.15, -0.1) is 0 Å². The molecule has 2 aromatic carbocycles. The Labute approximate surface area is 141 Å². The molecular weight excluding hydrogens is 302 g/mol. The SMILES string of the molecule is Cc1ccccc1NC(=O)c1ccc(COc2ccccc2C)o1. The maximum absolute atomic E-state index is 12.3. The predicted molar refractivity (Wildman–Crippen MR) is 93.4 cm³/mol. The summed E-state index contributed by atoms with van der Waals surface area (Å²) in [7, 11) is 0. The fraction of sp³-hybridized carbons (Fsp3) is 0.150. The van der Waals surface area contributed by atoms with Crippen LogP contribution in [0, 0.1) is 13.8 Å². The van der Waals surface area contributed by atoms with Crippen molar-refractivity contribution >= 4 is 11.6 Å². The molecule has 1 amide bonds. The Balaban J connectivity index is 1.64. The summed E-state index contributed by atoms with van der Waals surface area (Å²) in [5.74, 6) is 1.40. The van der Waals surface area contributed by atoms with Crippen molar-refractivity contribution in [3.63, 3.8) is 0 Å². The van der Waals surface area contributed by atoms with Crippen LogP contribution in [-0.4, -0.2) is 5.91 Å². The van der Waals surface area contributed by atoms with Crippen LogP contribution in [0.4, 0.5) is 5.69 Å². The summed E-state index contributed by atoms with van der Waals surface area (Å²) in [6, 6.07) is 18.8. The average Bonchev–Trinajstić information content (AvgIpc) is 3.05. The summed E-state index contributed by atoms with van der Waals surface area (Å²) >= 11 is 0. The zero-order valence-corrected chi connectivity index (χ0v) is 13.7. The lowest BCUT2D eigenvalue weighted by Gasteiger charge is -2.07. The van der Waals surface area contributed by atoms with Gasteiger partial charge in [0.1, 0.15) is 18.1 Å². The second-order valence-corrected chi connectivity index (χ2v) is 5.59. The molecule has 1 heterocycles. The average molecular weight is 321 g/mol. The van der Waals surface area contributed by atoms with Crippen LogP contribution in [0.1, 0.15) is 27.4 Å². The highest BCUT2D eigenvalue weighted by Crippen LogP contribution is 2.19. The highest BCUT2D eigenvalue weighted by atomic mass is 16.5. The Morgan fingerprint density at radius 3 is 2.42 bits per heavy atom. The van der Waals surface area contributed by atoms with Crippen molar-refractivity contribution < 1.29 is 13.9 Å². The van der Waals surface area contributed by atoms with Gasteiger partial charge < -0.3 is 14.5 Å². The smallest absolute Gasteiger partial charge is 0.291 e. The molecule has 0 bridgehead atoms. The molecule has 4 nitrogen and oxygen atoms in total. The summed E-state index contributed by atoms with van der Waals surface area (Å²) in [6.45, 7) is 4.21. The number of ether oxygens (including phenoxy) is 1. The zero-order chi connectivity index (χ0) is 16.9. The van der Waals surface area contributed by atoms with Crippen molar-refractivity contribution in [2.75, 3.05) is 5.32 Å². The minimum absolute atomic E-state index is 0.265. The molecule has 0 radical (unpaired) electrons. The number of hydrogen-bond donors (Lipinski definition) is 1. The Kier molecular flexibility index (Phi) is 4.66. The molecule has 3 rings (SSSR count). The van der Waals surface area contributed by atoms with E-state index in [1.54, 1.807) is 12.1 Å². The minimum Gasteiger partial charge on any atom is -0.485 e. The number of anilines is 1. The van der Waals surface area contributed by atoms with Crippen molar-refractivity contribution in [3.8, 4) is 5.75 Å². The number of rotatable bonds is 5. The molecular formula is C20H19NO3. The maximum Gasteiger partial charge on any atom is 0.291 e. The predicted octanol–water partition coefficient (Wildman–Crippen LogP) is 4.73. The van der Waals surface area contributed by atoms with Crippen LogP contribution in [0.25, 0.3) is 0 Å². The second kappa shape index (κ2) is 7.04. The van der Waals surface area contributed by atoms with Gasteiger partial charge in [-0.05, 0) is 49.2 Å². The van der Waals surface area contributed by atoms with Gasteiger partial charge in [-0.2, -0.15) is 0 Å². The number of carbonyl (C=O) groups is 1. The van der Waals surface area contributed by atoms with Crippen molar-refractivity contribution in [2.24, 2.45) is 0 Å². The zero-order valence-electron chi connectivity index (χ0n) is 13.7. The van der Waals surface area contributed by atoms with E-state index in [1.807, 2.05) is 62.4 Å². The Bertz CT molecular complexity index is 851. The molecule has 0 saturated carbocycles. The first-order chi connectivity index (χ1) is 11.6. The van der Waals surface area contributed by atoms with Crippen LogP contribution in [0.3, 0.4) is 0 Å². The van der Waals surface area contributed by atoms with E-state index in [4.69, 9.17) is 9.15 Å². The van der Waals surface area contributed by atoms with Crippen molar-refractivity contribution in [3.05, 3.63) is 83.3 Å². The number of benzene rings is 2. The second-order valence-electron chi connectivity index (χ2n) is 5.59. The highest BCUT2D eigenvalue weighted by Gasteiger charge is 2.13. The first-order valence-electron chi connectivity index (χ1n) is 7.77. The van der Waals surface area contributed by atoms with E-state index < -0.39 is 0 Å². The lowest BCUT2D eigenvalue weighted by molar-refractivity contribution is 0.0992. The Hall–Kier alpha value is -3.01. The van der Waals surface area contributed by atoms with E-state index in [-0.39, 0.29) is 18.3 Å². The van der Waals surface area contributed by atoms with E-state index in [0.29, 0.717) is 5.76 Å². The van der Waals surface area contributed by atoms with Gasteiger partial charge >= 0.3 is 0 Å². The molecule has 0 atom stereocenters. The first-order valence-corrected chi connectivity index (χ1v) is 7.77. The van der Waals surface area contributed by atoms with E-state index in [0.717, 1.165) is 22.6 Å². The van der Waals surface area contributed by atoms with Crippen LogP contribution < -0.4 is 10.1 Å². The summed E-state index contributed by atoms with van der Waals surface area (Å²) in [5.41, 5.74) is 2.83. The number of carbonyl (C=O) groups excluding carboxylic acids is 1. The molecule has 24 heavy (non-hydrogen) atoms. The number of aryl methyl sites for hydroxylation is 2. The third kappa shape index (κ3) is 3.66. The quantitative estimate of drug-likeness (QED) is 0.739. The molecule has 0 aliphatic rings. The van der Waals surface area contributed by atoms with Crippen LogP contribution in [-0.2, 0) is 6.61 Å². The van der Waals surface area contributed by atoms with E-state index >= 15 is 0 Å². The molecule has 0 fully saturated rings. The van der Waals surface area contributed by atoms with Crippen LogP contribution in [0.2, 0.25) is 0 Å². The maximum atomic E-state index is 12.3. The monoisotopic (exact) mass is 321 g/mol. The van der Waals surface area contributed by atoms with Gasteiger partial charge in [-0.3, -0.25) is 4.79 Å². The van der Waals surface area contributed by atoms with Gasteiger partial charge in [0, 0.05) is 5.69 Å². The summed E-state index contributed by atoms with van der Waals surface area (Å²) < 4.78 is 11.3. The van der Waals surface area contributed by atoms with Gasteiger partial charge in [0.25, 0.3) is 5.91 Å². The van der Waals surface area contributed by atoms with Crippen molar-refractivity contribution in [1.29, 1.82) is 0 Å². The number of nitrogens with one attached hydrogen (secondary N) is 1. The van der Waals surface area contributed by atoms with Gasteiger partial charge in [0.15, 0.2) is 5.76 Å². The molecule has 0 aliphatic heterocycles. The standard InChI is InChI=1S/C20H19NO3/c1-14-7-3-5-9-17(14)21-20(22)19-12-11-16(24-19)13-23-18-10-6-4-8-15(18)2/h3-12H,13H2,1-2H3,(H,21,22). The Morgan fingerprint density at radius 1 is 0.958 bits per heavy atom. The van der Waals surface area contributed by atoms with Gasteiger partial charge in [0.05, 0.1) is 0 Å². The Morgan fingerprint density at radius 2 is 1.67 bits per heavy atom. The van der Waals surface area contributed by atoms with Gasteiger partial charge in [-0.25, -0.2) is 0 Å². The highest BCUT2D eigenvalue weighted by molar-refractivity contribution is 6.02. The fourth-order valence-electron chi connectivity index (χ4n) is 2.34. The van der Waals surface area contributed by atoms with Crippen LogP contribution >= 0.6 is 0 Å². The fourth-order valence-corrected chi connectivity index (χ4v) is 2.34. The molecule has 4 heteroatoms. The van der Waals surface area contributed by atoms with E-state index in [9.17, 15) is 4.79 Å². The number of para-hydroxylation sites is 2. The molecule has 122 valence electrons. The lowest BCUT2D eigenvalue weighted by Crippen LogP contribution is -2.11. The van der Waals surface area contributed by atoms with Crippen LogP contribution in [0.15, 0.2) is 65.1 Å². The normalized spacial score (nSPS) is 10.4. The number of furan rings is 1. The summed E-state index contributed by atoms with van der Waals surface area (Å²) in [6.07, 6.45) is 0.